The van der Waals surface area contributed by atoms with Crippen molar-refractivity contribution in [1.82, 2.24) is 0 Å². The topological polar surface area (TPSA) is 49.8 Å². The molecule has 1 unspecified atom stereocenters. The Kier molecular flexibility index (Phi) is 4.78. The molecular weight excluding hydrogens is 271 g/mol. The van der Waals surface area contributed by atoms with Gasteiger partial charge in [0.25, 0.3) is 0 Å². The molecule has 0 saturated carbocycles. The fourth-order valence-electron chi connectivity index (χ4n) is 1.81. The third-order valence-electron chi connectivity index (χ3n) is 3.00. The second-order valence-corrected chi connectivity index (χ2v) is 5.59. The van der Waals surface area contributed by atoms with Crippen LogP contribution >= 0.6 is 11.8 Å². The van der Waals surface area contributed by atoms with E-state index in [0.717, 1.165) is 10.5 Å². The summed E-state index contributed by atoms with van der Waals surface area (Å²) in [5.74, 6) is 0.0773. The predicted octanol–water partition coefficient (Wildman–Crippen LogP) is 4.01. The molecule has 0 radical (unpaired) electrons. The van der Waals surface area contributed by atoms with Gasteiger partial charge in [0, 0.05) is 16.7 Å². The summed E-state index contributed by atoms with van der Waals surface area (Å²) >= 11 is 1.54. The smallest absolute Gasteiger partial charge is 0.144 e. The number of nitriles is 1. The first-order valence-electron chi connectivity index (χ1n) is 6.27. The second-order valence-electron chi connectivity index (χ2n) is 4.54. The van der Waals surface area contributed by atoms with Crippen LogP contribution in [0, 0.1) is 17.1 Å². The first kappa shape index (κ1) is 14.6. The summed E-state index contributed by atoms with van der Waals surface area (Å²) in [6.07, 6.45) is 0. The summed E-state index contributed by atoms with van der Waals surface area (Å²) in [6, 6.07) is 14.7. The Morgan fingerprint density at radius 3 is 2.55 bits per heavy atom. The Balaban J connectivity index is 2.07. The molecule has 4 heteroatoms. The van der Waals surface area contributed by atoms with Crippen LogP contribution in [-0.4, -0.2) is 0 Å². The van der Waals surface area contributed by atoms with Crippen molar-refractivity contribution in [1.29, 1.82) is 5.26 Å². The van der Waals surface area contributed by atoms with Gasteiger partial charge in [-0.1, -0.05) is 24.3 Å². The molecule has 2 aromatic carbocycles. The van der Waals surface area contributed by atoms with Crippen LogP contribution in [0.4, 0.5) is 4.39 Å². The number of halogens is 1. The van der Waals surface area contributed by atoms with Crippen molar-refractivity contribution in [3.8, 4) is 6.07 Å². The lowest BCUT2D eigenvalue weighted by Crippen LogP contribution is -2.04. The van der Waals surface area contributed by atoms with E-state index in [1.54, 1.807) is 12.1 Å². The molecule has 2 aromatic rings. The van der Waals surface area contributed by atoms with E-state index in [1.807, 2.05) is 37.3 Å². The quantitative estimate of drug-likeness (QED) is 0.864. The minimum Gasteiger partial charge on any atom is -0.324 e. The minimum absolute atomic E-state index is 0.0128. The lowest BCUT2D eigenvalue weighted by molar-refractivity contribution is 0.613. The molecule has 0 amide bonds. The van der Waals surface area contributed by atoms with E-state index in [2.05, 4.69) is 0 Å². The summed E-state index contributed by atoms with van der Waals surface area (Å²) in [5.41, 5.74) is 7.51. The molecule has 0 spiro atoms. The van der Waals surface area contributed by atoms with Crippen molar-refractivity contribution in [2.75, 3.05) is 0 Å². The van der Waals surface area contributed by atoms with Crippen LogP contribution in [0.25, 0.3) is 0 Å². The van der Waals surface area contributed by atoms with Crippen LogP contribution in [0.15, 0.2) is 47.4 Å². The average molecular weight is 286 g/mol. The van der Waals surface area contributed by atoms with Gasteiger partial charge in [-0.05, 0) is 36.2 Å². The van der Waals surface area contributed by atoms with Gasteiger partial charge in [0.2, 0.25) is 0 Å². The zero-order chi connectivity index (χ0) is 14.5. The highest BCUT2D eigenvalue weighted by Crippen LogP contribution is 2.26. The van der Waals surface area contributed by atoms with Crippen molar-refractivity contribution in [2.24, 2.45) is 5.73 Å². The zero-order valence-corrected chi connectivity index (χ0v) is 12.0. The standard InChI is InChI=1S/C16H15FN2S/c1-11(19)12-5-7-15(8-6-12)20-10-14-4-2-3-13(9-18)16(14)17/h2-8,11H,10,19H2,1H3. The molecule has 0 fully saturated rings. The van der Waals surface area contributed by atoms with Crippen molar-refractivity contribution >= 4 is 11.8 Å². The zero-order valence-electron chi connectivity index (χ0n) is 11.1. The van der Waals surface area contributed by atoms with Crippen LogP contribution in [0.1, 0.15) is 29.7 Å². The Morgan fingerprint density at radius 2 is 1.95 bits per heavy atom. The molecule has 0 aromatic heterocycles. The maximum Gasteiger partial charge on any atom is 0.144 e. The Morgan fingerprint density at radius 1 is 1.25 bits per heavy atom. The molecule has 2 rings (SSSR count). The summed E-state index contributed by atoms with van der Waals surface area (Å²) in [6.45, 7) is 1.94. The van der Waals surface area contributed by atoms with E-state index in [-0.39, 0.29) is 11.6 Å². The van der Waals surface area contributed by atoms with Crippen LogP contribution in [0.2, 0.25) is 0 Å². The van der Waals surface area contributed by atoms with Crippen molar-refractivity contribution in [2.45, 2.75) is 23.6 Å². The van der Waals surface area contributed by atoms with Crippen molar-refractivity contribution < 1.29 is 4.39 Å². The van der Waals surface area contributed by atoms with Gasteiger partial charge in [-0.25, -0.2) is 4.39 Å². The first-order valence-corrected chi connectivity index (χ1v) is 7.26. The number of thioether (sulfide) groups is 1. The molecular formula is C16H15FN2S. The molecule has 20 heavy (non-hydrogen) atoms. The van der Waals surface area contributed by atoms with Crippen LogP contribution in [-0.2, 0) is 5.75 Å². The van der Waals surface area contributed by atoms with Gasteiger partial charge in [0.1, 0.15) is 11.9 Å². The highest BCUT2D eigenvalue weighted by Gasteiger charge is 2.08. The minimum atomic E-state index is -0.422. The summed E-state index contributed by atoms with van der Waals surface area (Å²) in [4.78, 5) is 1.05. The average Bonchev–Trinajstić information content (AvgIpc) is 2.46. The Hall–Kier alpha value is -1.83. The number of nitrogens with two attached hydrogens (primary N) is 1. The lowest BCUT2D eigenvalue weighted by atomic mass is 10.1. The second kappa shape index (κ2) is 6.56. The largest absolute Gasteiger partial charge is 0.324 e. The molecule has 1 atom stereocenters. The molecule has 0 heterocycles. The SMILES string of the molecule is CC(N)c1ccc(SCc2cccc(C#N)c2F)cc1. The maximum atomic E-state index is 13.9. The number of benzene rings is 2. The first-order chi connectivity index (χ1) is 9.61. The van der Waals surface area contributed by atoms with Gasteiger partial charge in [-0.3, -0.25) is 0 Å². The van der Waals surface area contributed by atoms with Crippen LogP contribution in [0.3, 0.4) is 0 Å². The van der Waals surface area contributed by atoms with Gasteiger partial charge in [-0.2, -0.15) is 5.26 Å². The van der Waals surface area contributed by atoms with Gasteiger partial charge in [-0.15, -0.1) is 11.8 Å². The van der Waals surface area contributed by atoms with E-state index in [4.69, 9.17) is 11.0 Å². The van der Waals surface area contributed by atoms with Gasteiger partial charge in [0.15, 0.2) is 0 Å². The molecule has 0 aliphatic heterocycles. The summed E-state index contributed by atoms with van der Waals surface area (Å²) in [7, 11) is 0. The van der Waals surface area contributed by atoms with E-state index in [1.165, 1.54) is 17.8 Å². The molecule has 0 aliphatic carbocycles. The molecule has 0 saturated heterocycles. The molecule has 0 bridgehead atoms. The summed E-state index contributed by atoms with van der Waals surface area (Å²) in [5, 5.41) is 8.80. The van der Waals surface area contributed by atoms with E-state index in [0.29, 0.717) is 11.3 Å². The van der Waals surface area contributed by atoms with Crippen LogP contribution in [0.5, 0.6) is 0 Å². The Labute approximate surface area is 122 Å². The highest BCUT2D eigenvalue weighted by molar-refractivity contribution is 7.98. The number of rotatable bonds is 4. The normalized spacial score (nSPS) is 11.9. The third-order valence-corrected chi connectivity index (χ3v) is 4.06. The lowest BCUT2D eigenvalue weighted by Gasteiger charge is -2.07. The van der Waals surface area contributed by atoms with Gasteiger partial charge in [0.05, 0.1) is 5.56 Å². The van der Waals surface area contributed by atoms with E-state index in [9.17, 15) is 4.39 Å². The Bertz CT molecular complexity index is 630. The predicted molar refractivity (Wildman–Crippen MR) is 79.7 cm³/mol. The van der Waals surface area contributed by atoms with Crippen LogP contribution < -0.4 is 5.73 Å². The fourth-order valence-corrected chi connectivity index (χ4v) is 2.68. The number of nitrogens with zero attached hydrogens (tertiary/aromatic N) is 1. The number of hydrogen-bond donors (Lipinski definition) is 1. The fraction of sp³-hybridized carbons (Fsp3) is 0.188. The van der Waals surface area contributed by atoms with E-state index < -0.39 is 5.82 Å². The third kappa shape index (κ3) is 3.38. The van der Waals surface area contributed by atoms with Crippen molar-refractivity contribution in [3.63, 3.8) is 0 Å². The maximum absolute atomic E-state index is 13.9. The monoisotopic (exact) mass is 286 g/mol. The van der Waals surface area contributed by atoms with Gasteiger partial charge >= 0.3 is 0 Å². The molecule has 2 N–H and O–H groups in total. The molecule has 2 nitrogen and oxygen atoms in total. The summed E-state index contributed by atoms with van der Waals surface area (Å²) < 4.78 is 13.9. The van der Waals surface area contributed by atoms with E-state index >= 15 is 0 Å². The highest BCUT2D eigenvalue weighted by atomic mass is 32.2. The van der Waals surface area contributed by atoms with Crippen molar-refractivity contribution in [3.05, 3.63) is 65.0 Å². The number of hydrogen-bond acceptors (Lipinski definition) is 3. The van der Waals surface area contributed by atoms with Gasteiger partial charge < -0.3 is 5.73 Å². The molecule has 102 valence electrons. The molecule has 0 aliphatic rings.